The Kier molecular flexibility index (Phi) is 4.12. The van der Waals surface area contributed by atoms with E-state index in [1.807, 2.05) is 37.3 Å². The van der Waals surface area contributed by atoms with Crippen LogP contribution in [-0.2, 0) is 6.42 Å². The average molecular weight is 244 g/mol. The highest BCUT2D eigenvalue weighted by molar-refractivity contribution is 5.21. The van der Waals surface area contributed by atoms with Crippen molar-refractivity contribution in [2.24, 2.45) is 0 Å². The standard InChI is InChI=1S/C14H16N2O2/c1-2-8-18-14-15-12(10-13(17)16-14)9-11-6-4-3-5-7-11/h3-7,10H,2,8-9H2,1H3,(H,15,16,17). The summed E-state index contributed by atoms with van der Waals surface area (Å²) in [6.07, 6.45) is 1.51. The third kappa shape index (κ3) is 3.45. The van der Waals surface area contributed by atoms with Crippen LogP contribution in [0, 0.1) is 0 Å². The normalized spacial score (nSPS) is 10.3. The Morgan fingerprint density at radius 2 is 2.06 bits per heavy atom. The van der Waals surface area contributed by atoms with Crippen molar-refractivity contribution in [2.75, 3.05) is 6.61 Å². The summed E-state index contributed by atoms with van der Waals surface area (Å²) in [5, 5.41) is 0. The Hall–Kier alpha value is -2.10. The molecule has 0 fully saturated rings. The van der Waals surface area contributed by atoms with Crippen LogP contribution in [0.4, 0.5) is 0 Å². The van der Waals surface area contributed by atoms with Crippen molar-refractivity contribution in [3.63, 3.8) is 0 Å². The second kappa shape index (κ2) is 6.00. The Morgan fingerprint density at radius 1 is 1.28 bits per heavy atom. The molecule has 0 radical (unpaired) electrons. The number of hydrogen-bond donors (Lipinski definition) is 1. The zero-order valence-corrected chi connectivity index (χ0v) is 10.3. The molecule has 0 saturated carbocycles. The van der Waals surface area contributed by atoms with Crippen LogP contribution in [0.15, 0.2) is 41.2 Å². The third-order valence-corrected chi connectivity index (χ3v) is 2.44. The molecular weight excluding hydrogens is 228 g/mol. The number of benzene rings is 1. The van der Waals surface area contributed by atoms with Gasteiger partial charge in [-0.3, -0.25) is 9.78 Å². The summed E-state index contributed by atoms with van der Waals surface area (Å²) in [5.41, 5.74) is 1.66. The van der Waals surface area contributed by atoms with Gasteiger partial charge in [-0.05, 0) is 12.0 Å². The number of nitrogens with zero attached hydrogens (tertiary/aromatic N) is 1. The number of hydrogen-bond acceptors (Lipinski definition) is 3. The molecular formula is C14H16N2O2. The van der Waals surface area contributed by atoms with Crippen LogP contribution in [0.3, 0.4) is 0 Å². The van der Waals surface area contributed by atoms with E-state index in [0.29, 0.717) is 19.0 Å². The lowest BCUT2D eigenvalue weighted by Crippen LogP contribution is -2.12. The molecule has 1 heterocycles. The average Bonchev–Trinajstić information content (AvgIpc) is 2.37. The number of ether oxygens (including phenoxy) is 1. The van der Waals surface area contributed by atoms with Gasteiger partial charge in [-0.15, -0.1) is 0 Å². The minimum atomic E-state index is -0.179. The first kappa shape index (κ1) is 12.4. The van der Waals surface area contributed by atoms with Gasteiger partial charge in [-0.25, -0.2) is 4.98 Å². The molecule has 0 unspecified atom stereocenters. The SMILES string of the molecule is CCCOc1nc(Cc2ccccc2)cc(=O)[nH]1. The van der Waals surface area contributed by atoms with E-state index in [-0.39, 0.29) is 5.56 Å². The first-order chi connectivity index (χ1) is 8.78. The maximum Gasteiger partial charge on any atom is 0.296 e. The van der Waals surface area contributed by atoms with Crippen molar-refractivity contribution < 1.29 is 4.74 Å². The van der Waals surface area contributed by atoms with Crippen molar-refractivity contribution >= 4 is 0 Å². The van der Waals surface area contributed by atoms with Crippen molar-refractivity contribution in [3.05, 3.63) is 58.0 Å². The van der Waals surface area contributed by atoms with E-state index in [2.05, 4.69) is 9.97 Å². The highest BCUT2D eigenvalue weighted by atomic mass is 16.5. The van der Waals surface area contributed by atoms with Gasteiger partial charge in [-0.2, -0.15) is 0 Å². The molecule has 0 spiro atoms. The number of aromatic nitrogens is 2. The van der Waals surface area contributed by atoms with Crippen LogP contribution in [0.25, 0.3) is 0 Å². The van der Waals surface area contributed by atoms with Gasteiger partial charge in [0.25, 0.3) is 11.6 Å². The maximum absolute atomic E-state index is 11.5. The summed E-state index contributed by atoms with van der Waals surface area (Å²) < 4.78 is 5.35. The fraction of sp³-hybridized carbons (Fsp3) is 0.286. The molecule has 0 amide bonds. The molecule has 0 atom stereocenters. The first-order valence-electron chi connectivity index (χ1n) is 6.05. The second-order valence-electron chi connectivity index (χ2n) is 4.05. The van der Waals surface area contributed by atoms with Crippen LogP contribution in [0.5, 0.6) is 6.01 Å². The van der Waals surface area contributed by atoms with E-state index in [0.717, 1.165) is 17.7 Å². The summed E-state index contributed by atoms with van der Waals surface area (Å²) >= 11 is 0. The number of H-pyrrole nitrogens is 1. The van der Waals surface area contributed by atoms with E-state index < -0.39 is 0 Å². The minimum Gasteiger partial charge on any atom is -0.465 e. The van der Waals surface area contributed by atoms with Gasteiger partial charge < -0.3 is 4.74 Å². The molecule has 4 heteroatoms. The third-order valence-electron chi connectivity index (χ3n) is 2.44. The molecule has 0 aliphatic rings. The monoisotopic (exact) mass is 244 g/mol. The maximum atomic E-state index is 11.5. The molecule has 1 aromatic heterocycles. The van der Waals surface area contributed by atoms with E-state index in [9.17, 15) is 4.79 Å². The Morgan fingerprint density at radius 3 is 2.78 bits per heavy atom. The molecule has 0 bridgehead atoms. The summed E-state index contributed by atoms with van der Waals surface area (Å²) in [6, 6.07) is 11.7. The number of aromatic amines is 1. The van der Waals surface area contributed by atoms with Gasteiger partial charge in [0.2, 0.25) is 0 Å². The number of nitrogens with one attached hydrogen (secondary N) is 1. The van der Waals surface area contributed by atoms with Gasteiger partial charge in [0.05, 0.1) is 12.3 Å². The summed E-state index contributed by atoms with van der Waals surface area (Å²) in [4.78, 5) is 18.4. The minimum absolute atomic E-state index is 0.179. The first-order valence-corrected chi connectivity index (χ1v) is 6.05. The van der Waals surface area contributed by atoms with Crippen molar-refractivity contribution in [3.8, 4) is 6.01 Å². The van der Waals surface area contributed by atoms with Crippen LogP contribution in [0.1, 0.15) is 24.6 Å². The molecule has 0 saturated heterocycles. The van der Waals surface area contributed by atoms with Crippen molar-refractivity contribution in [1.82, 2.24) is 9.97 Å². The highest BCUT2D eigenvalue weighted by Gasteiger charge is 2.03. The second-order valence-corrected chi connectivity index (χ2v) is 4.05. The highest BCUT2D eigenvalue weighted by Crippen LogP contribution is 2.07. The molecule has 0 aliphatic heterocycles. The van der Waals surface area contributed by atoms with E-state index >= 15 is 0 Å². The van der Waals surface area contributed by atoms with Crippen LogP contribution >= 0.6 is 0 Å². The Labute approximate surface area is 106 Å². The van der Waals surface area contributed by atoms with Gasteiger partial charge in [0, 0.05) is 12.5 Å². The largest absolute Gasteiger partial charge is 0.465 e. The molecule has 2 rings (SSSR count). The molecule has 94 valence electrons. The molecule has 4 nitrogen and oxygen atoms in total. The molecule has 1 aromatic carbocycles. The zero-order chi connectivity index (χ0) is 12.8. The lowest BCUT2D eigenvalue weighted by atomic mass is 10.1. The molecule has 2 aromatic rings. The zero-order valence-electron chi connectivity index (χ0n) is 10.3. The fourth-order valence-electron chi connectivity index (χ4n) is 1.65. The van der Waals surface area contributed by atoms with Crippen LogP contribution in [-0.4, -0.2) is 16.6 Å². The van der Waals surface area contributed by atoms with Crippen LogP contribution < -0.4 is 10.3 Å². The van der Waals surface area contributed by atoms with Crippen molar-refractivity contribution in [1.29, 1.82) is 0 Å². The van der Waals surface area contributed by atoms with Gasteiger partial charge >= 0.3 is 0 Å². The lowest BCUT2D eigenvalue weighted by molar-refractivity contribution is 0.290. The molecule has 1 N–H and O–H groups in total. The molecule has 18 heavy (non-hydrogen) atoms. The van der Waals surface area contributed by atoms with E-state index in [1.54, 1.807) is 0 Å². The predicted octanol–water partition coefficient (Wildman–Crippen LogP) is 2.15. The van der Waals surface area contributed by atoms with E-state index in [1.165, 1.54) is 6.07 Å². The summed E-state index contributed by atoms with van der Waals surface area (Å²) in [7, 11) is 0. The summed E-state index contributed by atoms with van der Waals surface area (Å²) in [6.45, 7) is 2.56. The lowest BCUT2D eigenvalue weighted by Gasteiger charge is -2.05. The topological polar surface area (TPSA) is 55.0 Å². The predicted molar refractivity (Wildman–Crippen MR) is 69.9 cm³/mol. The Balaban J connectivity index is 2.18. The van der Waals surface area contributed by atoms with Crippen molar-refractivity contribution in [2.45, 2.75) is 19.8 Å². The Bertz CT molecular complexity index is 549. The number of rotatable bonds is 5. The van der Waals surface area contributed by atoms with E-state index in [4.69, 9.17) is 4.74 Å². The quantitative estimate of drug-likeness (QED) is 0.876. The summed E-state index contributed by atoms with van der Waals surface area (Å²) in [5.74, 6) is 0. The van der Waals surface area contributed by atoms with Gasteiger partial charge in [-0.1, -0.05) is 37.3 Å². The van der Waals surface area contributed by atoms with Gasteiger partial charge in [0.15, 0.2) is 0 Å². The van der Waals surface area contributed by atoms with Gasteiger partial charge in [0.1, 0.15) is 0 Å². The molecule has 0 aliphatic carbocycles. The van der Waals surface area contributed by atoms with Crippen LogP contribution in [0.2, 0.25) is 0 Å². The smallest absolute Gasteiger partial charge is 0.296 e. The fourth-order valence-corrected chi connectivity index (χ4v) is 1.65.